The van der Waals surface area contributed by atoms with E-state index >= 15 is 0 Å². The third-order valence-electron chi connectivity index (χ3n) is 3.46. The number of carbonyl (C=O) groups excluding carboxylic acids is 1. The number of ether oxygens (including phenoxy) is 2. The van der Waals surface area contributed by atoms with Crippen molar-refractivity contribution >= 4 is 27.6 Å². The summed E-state index contributed by atoms with van der Waals surface area (Å²) in [5, 5.41) is 0. The van der Waals surface area contributed by atoms with E-state index in [1.807, 2.05) is 0 Å². The highest BCUT2D eigenvalue weighted by Gasteiger charge is 2.25. The summed E-state index contributed by atoms with van der Waals surface area (Å²) in [6.45, 7) is 0. The van der Waals surface area contributed by atoms with Crippen LogP contribution in [0.1, 0.15) is 36.0 Å². The van der Waals surface area contributed by atoms with Crippen LogP contribution in [0.5, 0.6) is 0 Å². The summed E-state index contributed by atoms with van der Waals surface area (Å²) in [7, 11) is 1.70. The van der Waals surface area contributed by atoms with E-state index in [1.54, 1.807) is 25.3 Å². The molecule has 0 amide bonds. The van der Waals surface area contributed by atoms with Crippen molar-refractivity contribution in [3.63, 3.8) is 0 Å². The minimum Gasteiger partial charge on any atom is -0.459 e. The molecule has 2 unspecified atom stereocenters. The second-order valence-corrected chi connectivity index (χ2v) is 5.61. The maximum absolute atomic E-state index is 12.1. The summed E-state index contributed by atoms with van der Waals surface area (Å²) in [6.07, 6.45) is 3.81. The maximum atomic E-state index is 12.1. The van der Waals surface area contributed by atoms with Crippen molar-refractivity contribution < 1.29 is 14.3 Å². The second-order valence-electron chi connectivity index (χ2n) is 4.75. The Balaban J connectivity index is 2.02. The summed E-state index contributed by atoms with van der Waals surface area (Å²) >= 11 is 3.31. The number of anilines is 1. The quantitative estimate of drug-likeness (QED) is 0.684. The molecular weight excluding hydrogens is 310 g/mol. The lowest BCUT2D eigenvalue weighted by Gasteiger charge is -2.28. The third-order valence-corrected chi connectivity index (χ3v) is 4.15. The van der Waals surface area contributed by atoms with Crippen LogP contribution in [0.15, 0.2) is 22.7 Å². The summed E-state index contributed by atoms with van der Waals surface area (Å²) < 4.78 is 11.6. The monoisotopic (exact) mass is 327 g/mol. The zero-order valence-corrected chi connectivity index (χ0v) is 12.5. The molecule has 5 heteroatoms. The lowest BCUT2D eigenvalue weighted by Crippen LogP contribution is -2.29. The maximum Gasteiger partial charge on any atom is 0.340 e. The van der Waals surface area contributed by atoms with Gasteiger partial charge in [0.15, 0.2) is 0 Å². The molecule has 0 bridgehead atoms. The van der Waals surface area contributed by atoms with Crippen molar-refractivity contribution in [3.8, 4) is 0 Å². The van der Waals surface area contributed by atoms with Crippen molar-refractivity contribution in [1.29, 1.82) is 0 Å². The van der Waals surface area contributed by atoms with Crippen LogP contribution in [-0.4, -0.2) is 25.3 Å². The number of nitrogens with two attached hydrogens (primary N) is 1. The molecule has 2 rings (SSSR count). The second kappa shape index (κ2) is 6.39. The van der Waals surface area contributed by atoms with E-state index in [0.29, 0.717) is 15.7 Å². The number of rotatable bonds is 3. The number of hydrogen-bond acceptors (Lipinski definition) is 4. The van der Waals surface area contributed by atoms with Gasteiger partial charge < -0.3 is 15.2 Å². The molecule has 1 saturated carbocycles. The van der Waals surface area contributed by atoms with Gasteiger partial charge in [-0.2, -0.15) is 0 Å². The molecule has 1 aromatic rings. The van der Waals surface area contributed by atoms with Crippen LogP contribution in [-0.2, 0) is 9.47 Å². The van der Waals surface area contributed by atoms with Crippen LogP contribution in [0.4, 0.5) is 5.69 Å². The Bertz CT molecular complexity index is 464. The summed E-state index contributed by atoms with van der Waals surface area (Å²) in [6, 6.07) is 5.25. The first kappa shape index (κ1) is 14.3. The number of hydrogen-bond donors (Lipinski definition) is 1. The van der Waals surface area contributed by atoms with Crippen molar-refractivity contribution in [2.45, 2.75) is 37.9 Å². The summed E-state index contributed by atoms with van der Waals surface area (Å²) in [4.78, 5) is 12.1. The number of halogens is 1. The van der Waals surface area contributed by atoms with Crippen LogP contribution < -0.4 is 5.73 Å². The van der Waals surface area contributed by atoms with Crippen LogP contribution in [0.3, 0.4) is 0 Å². The highest BCUT2D eigenvalue weighted by atomic mass is 79.9. The minimum atomic E-state index is -0.361. The number of nitrogen functional groups attached to an aromatic ring is 1. The molecule has 2 N–H and O–H groups in total. The number of benzene rings is 1. The van der Waals surface area contributed by atoms with Gasteiger partial charge in [0.2, 0.25) is 0 Å². The van der Waals surface area contributed by atoms with Gasteiger partial charge >= 0.3 is 5.97 Å². The molecule has 0 radical (unpaired) electrons. The van der Waals surface area contributed by atoms with Gasteiger partial charge in [0.1, 0.15) is 6.10 Å². The predicted molar refractivity (Wildman–Crippen MR) is 77.0 cm³/mol. The lowest BCUT2D eigenvalue weighted by molar-refractivity contribution is -0.0148. The van der Waals surface area contributed by atoms with Gasteiger partial charge in [0, 0.05) is 18.0 Å². The third kappa shape index (κ3) is 3.48. The summed E-state index contributed by atoms with van der Waals surface area (Å²) in [5.41, 5.74) is 6.70. The molecule has 104 valence electrons. The van der Waals surface area contributed by atoms with Crippen LogP contribution >= 0.6 is 15.9 Å². The van der Waals surface area contributed by atoms with E-state index in [-0.39, 0.29) is 18.2 Å². The van der Waals surface area contributed by atoms with Crippen molar-refractivity contribution in [2.75, 3.05) is 12.8 Å². The van der Waals surface area contributed by atoms with E-state index in [0.717, 1.165) is 25.7 Å². The van der Waals surface area contributed by atoms with E-state index in [2.05, 4.69) is 15.9 Å². The first-order valence-electron chi connectivity index (χ1n) is 6.39. The van der Waals surface area contributed by atoms with Gasteiger partial charge in [-0.15, -0.1) is 0 Å². The molecule has 19 heavy (non-hydrogen) atoms. The standard InChI is InChI=1S/C14H18BrNO3/c1-18-9-4-2-5-10(8-9)19-14(17)11-6-3-7-12(15)13(11)16/h3,6-7,9-10H,2,4-5,8,16H2,1H3. The molecule has 0 spiro atoms. The van der Waals surface area contributed by atoms with Gasteiger partial charge in [-0.05, 0) is 47.3 Å². The highest BCUT2D eigenvalue weighted by Crippen LogP contribution is 2.27. The smallest absolute Gasteiger partial charge is 0.340 e. The number of carbonyl (C=O) groups is 1. The molecule has 2 atom stereocenters. The normalized spacial score (nSPS) is 23.1. The summed E-state index contributed by atoms with van der Waals surface area (Å²) in [5.74, 6) is -0.361. The van der Waals surface area contributed by atoms with Gasteiger partial charge in [-0.3, -0.25) is 0 Å². The Morgan fingerprint density at radius 3 is 2.84 bits per heavy atom. The average molecular weight is 328 g/mol. The van der Waals surface area contributed by atoms with Crippen molar-refractivity contribution in [1.82, 2.24) is 0 Å². The molecule has 4 nitrogen and oxygen atoms in total. The molecule has 0 saturated heterocycles. The fourth-order valence-corrected chi connectivity index (χ4v) is 2.72. The molecule has 0 aromatic heterocycles. The van der Waals surface area contributed by atoms with Crippen LogP contribution in [0.25, 0.3) is 0 Å². The van der Waals surface area contributed by atoms with Gasteiger partial charge in [0.25, 0.3) is 0 Å². The lowest BCUT2D eigenvalue weighted by atomic mass is 9.95. The highest BCUT2D eigenvalue weighted by molar-refractivity contribution is 9.10. The molecule has 1 fully saturated rings. The van der Waals surface area contributed by atoms with Crippen LogP contribution in [0, 0.1) is 0 Å². The fraction of sp³-hybridized carbons (Fsp3) is 0.500. The molecule has 1 aliphatic rings. The minimum absolute atomic E-state index is 0.0791. The van der Waals surface area contributed by atoms with Crippen molar-refractivity contribution in [3.05, 3.63) is 28.2 Å². The van der Waals surface area contributed by atoms with Gasteiger partial charge in [-0.1, -0.05) is 6.07 Å². The SMILES string of the molecule is COC1CCCC(OC(=O)c2cccc(Br)c2N)C1. The average Bonchev–Trinajstić information content (AvgIpc) is 2.42. The van der Waals surface area contributed by atoms with Gasteiger partial charge in [-0.25, -0.2) is 4.79 Å². The zero-order chi connectivity index (χ0) is 13.8. The van der Waals surface area contributed by atoms with Gasteiger partial charge in [0.05, 0.1) is 17.4 Å². The molecule has 0 heterocycles. The Morgan fingerprint density at radius 2 is 2.11 bits per heavy atom. The number of methoxy groups -OCH3 is 1. The van der Waals surface area contributed by atoms with E-state index < -0.39 is 0 Å². The number of esters is 1. The Morgan fingerprint density at radius 1 is 1.37 bits per heavy atom. The van der Waals surface area contributed by atoms with Crippen LogP contribution in [0.2, 0.25) is 0 Å². The van der Waals surface area contributed by atoms with E-state index in [4.69, 9.17) is 15.2 Å². The van der Waals surface area contributed by atoms with E-state index in [1.165, 1.54) is 0 Å². The first-order valence-corrected chi connectivity index (χ1v) is 7.19. The Hall–Kier alpha value is -1.07. The Kier molecular flexibility index (Phi) is 4.82. The largest absolute Gasteiger partial charge is 0.459 e. The first-order chi connectivity index (χ1) is 9.11. The van der Waals surface area contributed by atoms with E-state index in [9.17, 15) is 4.79 Å². The zero-order valence-electron chi connectivity index (χ0n) is 10.9. The number of para-hydroxylation sites is 1. The topological polar surface area (TPSA) is 61.5 Å². The fourth-order valence-electron chi connectivity index (χ4n) is 2.35. The van der Waals surface area contributed by atoms with Crippen molar-refractivity contribution in [2.24, 2.45) is 0 Å². The molecule has 0 aliphatic heterocycles. The molecule has 1 aliphatic carbocycles. The predicted octanol–water partition coefficient (Wildman–Crippen LogP) is 3.15. The Labute approximate surface area is 121 Å². The molecule has 1 aromatic carbocycles. The molecular formula is C14H18BrNO3.